The molecule has 1 aromatic rings. The highest BCUT2D eigenvalue weighted by Gasteiger charge is 2.43. The molecule has 2 rings (SSSR count). The van der Waals surface area contributed by atoms with Gasteiger partial charge in [-0.15, -0.1) is 5.92 Å². The molecular formula is C20H20N2O3. The van der Waals surface area contributed by atoms with Crippen molar-refractivity contribution in [2.45, 2.75) is 39.5 Å². The number of nitrogens with one attached hydrogen (secondary N) is 1. The van der Waals surface area contributed by atoms with E-state index >= 15 is 0 Å². The maximum atomic E-state index is 12.7. The van der Waals surface area contributed by atoms with Crippen LogP contribution in [0.4, 0.5) is 0 Å². The SMILES string of the molecule is CC#Cc1cc(C)c(C2C(=O)CC(CC(=O)NCC#N)C2=O)c(C)c1. The lowest BCUT2D eigenvalue weighted by atomic mass is 9.86. The zero-order chi connectivity index (χ0) is 18.6. The number of rotatable bonds is 4. The smallest absolute Gasteiger partial charge is 0.221 e. The number of ketones is 2. The predicted octanol–water partition coefficient (Wildman–Crippen LogP) is 1.95. The summed E-state index contributed by atoms with van der Waals surface area (Å²) in [6.45, 7) is 5.40. The molecule has 1 aliphatic rings. The summed E-state index contributed by atoms with van der Waals surface area (Å²) in [5.41, 5.74) is 3.31. The fourth-order valence-corrected chi connectivity index (χ4v) is 3.41. The highest BCUT2D eigenvalue weighted by molar-refractivity contribution is 6.15. The average Bonchev–Trinajstić information content (AvgIpc) is 2.80. The van der Waals surface area contributed by atoms with Crippen LogP contribution in [0.3, 0.4) is 0 Å². The van der Waals surface area contributed by atoms with Gasteiger partial charge in [-0.25, -0.2) is 0 Å². The van der Waals surface area contributed by atoms with Crippen molar-refractivity contribution in [1.29, 1.82) is 5.26 Å². The number of nitriles is 1. The molecule has 0 aromatic heterocycles. The van der Waals surface area contributed by atoms with Gasteiger partial charge >= 0.3 is 0 Å². The summed E-state index contributed by atoms with van der Waals surface area (Å²) in [7, 11) is 0. The molecule has 0 saturated heterocycles. The van der Waals surface area contributed by atoms with E-state index in [2.05, 4.69) is 17.2 Å². The van der Waals surface area contributed by atoms with Crippen molar-refractivity contribution in [3.8, 4) is 17.9 Å². The molecule has 1 aromatic carbocycles. The van der Waals surface area contributed by atoms with Crippen LogP contribution < -0.4 is 5.32 Å². The highest BCUT2D eigenvalue weighted by Crippen LogP contribution is 2.37. The Labute approximate surface area is 147 Å². The molecule has 0 spiro atoms. The largest absolute Gasteiger partial charge is 0.343 e. The number of carbonyl (C=O) groups is 3. The number of nitrogens with zero attached hydrogens (tertiary/aromatic N) is 1. The molecule has 1 aliphatic carbocycles. The van der Waals surface area contributed by atoms with Crippen LogP contribution >= 0.6 is 0 Å². The second kappa shape index (κ2) is 7.77. The summed E-state index contributed by atoms with van der Waals surface area (Å²) >= 11 is 0. The summed E-state index contributed by atoms with van der Waals surface area (Å²) < 4.78 is 0. The molecule has 1 amide bonds. The Morgan fingerprint density at radius 2 is 1.92 bits per heavy atom. The van der Waals surface area contributed by atoms with Crippen LogP contribution in [0.25, 0.3) is 0 Å². The quantitative estimate of drug-likeness (QED) is 0.517. The number of carbonyl (C=O) groups excluding carboxylic acids is 3. The van der Waals surface area contributed by atoms with Crippen LogP contribution in [0.15, 0.2) is 12.1 Å². The van der Waals surface area contributed by atoms with Gasteiger partial charge < -0.3 is 5.32 Å². The van der Waals surface area contributed by atoms with Crippen molar-refractivity contribution in [3.63, 3.8) is 0 Å². The molecule has 5 nitrogen and oxygen atoms in total. The van der Waals surface area contributed by atoms with Crippen LogP contribution in [0.1, 0.15) is 47.9 Å². The normalized spacial score (nSPS) is 19.1. The summed E-state index contributed by atoms with van der Waals surface area (Å²) in [6.07, 6.45) is 0.0130. The fourth-order valence-electron chi connectivity index (χ4n) is 3.41. The molecule has 1 fully saturated rings. The highest BCUT2D eigenvalue weighted by atomic mass is 16.2. The third kappa shape index (κ3) is 3.95. The third-order valence-corrected chi connectivity index (χ3v) is 4.40. The zero-order valence-electron chi connectivity index (χ0n) is 14.6. The van der Waals surface area contributed by atoms with E-state index in [1.165, 1.54) is 0 Å². The minimum atomic E-state index is -0.808. The van der Waals surface area contributed by atoms with Gasteiger partial charge in [0.15, 0.2) is 5.78 Å². The van der Waals surface area contributed by atoms with Crippen LogP contribution in [0.2, 0.25) is 0 Å². The van der Waals surface area contributed by atoms with E-state index in [4.69, 9.17) is 5.26 Å². The monoisotopic (exact) mass is 336 g/mol. The van der Waals surface area contributed by atoms with E-state index in [-0.39, 0.29) is 36.9 Å². The molecule has 0 aliphatic heterocycles. The molecular weight excluding hydrogens is 316 g/mol. The molecule has 1 N–H and O–H groups in total. The van der Waals surface area contributed by atoms with Crippen molar-refractivity contribution >= 4 is 17.5 Å². The summed E-state index contributed by atoms with van der Waals surface area (Å²) in [5.74, 6) is 3.66. The lowest BCUT2D eigenvalue weighted by Crippen LogP contribution is -2.27. The minimum absolute atomic E-state index is 0.0553. The van der Waals surface area contributed by atoms with Crippen LogP contribution in [0, 0.1) is 42.9 Å². The summed E-state index contributed by atoms with van der Waals surface area (Å²) in [6, 6.07) is 5.58. The Balaban J connectivity index is 2.27. The van der Waals surface area contributed by atoms with Gasteiger partial charge in [0.05, 0.1) is 6.07 Å². The lowest BCUT2D eigenvalue weighted by Gasteiger charge is -2.16. The van der Waals surface area contributed by atoms with Crippen molar-refractivity contribution in [3.05, 3.63) is 34.4 Å². The number of Topliss-reactive ketones (excluding diaryl/α,β-unsaturated/α-hetero) is 2. The van der Waals surface area contributed by atoms with E-state index in [1.54, 1.807) is 6.92 Å². The van der Waals surface area contributed by atoms with Gasteiger partial charge in [-0.1, -0.05) is 5.92 Å². The zero-order valence-corrected chi connectivity index (χ0v) is 14.6. The van der Waals surface area contributed by atoms with Gasteiger partial charge in [0.25, 0.3) is 0 Å². The number of hydrogen-bond donors (Lipinski definition) is 1. The van der Waals surface area contributed by atoms with E-state index in [0.717, 1.165) is 22.3 Å². The number of benzene rings is 1. The standard InChI is InChI=1S/C20H20N2O3/c1-4-5-14-8-12(2)18(13(3)9-14)19-16(23)10-15(20(19)25)11-17(24)22-7-6-21/h8-9,15,19H,7,10-11H2,1-3H3,(H,22,24). The maximum absolute atomic E-state index is 12.7. The number of aryl methyl sites for hydroxylation is 2. The van der Waals surface area contributed by atoms with Gasteiger partial charge in [-0.05, 0) is 49.6 Å². The Morgan fingerprint density at radius 3 is 2.48 bits per heavy atom. The first kappa shape index (κ1) is 18.4. The minimum Gasteiger partial charge on any atom is -0.343 e. The van der Waals surface area contributed by atoms with Gasteiger partial charge in [-0.3, -0.25) is 14.4 Å². The first-order chi connectivity index (χ1) is 11.9. The van der Waals surface area contributed by atoms with Crippen LogP contribution in [0.5, 0.6) is 0 Å². The molecule has 5 heteroatoms. The Hall–Kier alpha value is -2.92. The summed E-state index contributed by atoms with van der Waals surface area (Å²) in [4.78, 5) is 37.0. The van der Waals surface area contributed by atoms with Crippen molar-refractivity contribution in [1.82, 2.24) is 5.32 Å². The molecule has 2 unspecified atom stereocenters. The van der Waals surface area contributed by atoms with Gasteiger partial charge in [0.1, 0.15) is 18.2 Å². The van der Waals surface area contributed by atoms with Crippen molar-refractivity contribution < 1.29 is 14.4 Å². The Morgan fingerprint density at radius 1 is 1.28 bits per heavy atom. The molecule has 1 saturated carbocycles. The first-order valence-corrected chi connectivity index (χ1v) is 8.13. The van der Waals surface area contributed by atoms with E-state index < -0.39 is 11.8 Å². The molecule has 2 atom stereocenters. The third-order valence-electron chi connectivity index (χ3n) is 4.40. The van der Waals surface area contributed by atoms with Gasteiger partial charge in [0.2, 0.25) is 5.91 Å². The molecule has 0 radical (unpaired) electrons. The van der Waals surface area contributed by atoms with E-state index in [9.17, 15) is 14.4 Å². The van der Waals surface area contributed by atoms with Crippen LogP contribution in [-0.2, 0) is 14.4 Å². The van der Waals surface area contributed by atoms with Crippen molar-refractivity contribution in [2.75, 3.05) is 6.54 Å². The van der Waals surface area contributed by atoms with Gasteiger partial charge in [0, 0.05) is 24.3 Å². The fraction of sp³-hybridized carbons (Fsp3) is 0.400. The summed E-state index contributed by atoms with van der Waals surface area (Å²) in [5, 5.41) is 10.9. The second-order valence-corrected chi connectivity index (χ2v) is 6.24. The maximum Gasteiger partial charge on any atom is 0.221 e. The molecule has 0 bridgehead atoms. The van der Waals surface area contributed by atoms with Crippen LogP contribution in [-0.4, -0.2) is 24.0 Å². The Kier molecular flexibility index (Phi) is 5.72. The first-order valence-electron chi connectivity index (χ1n) is 8.13. The van der Waals surface area contributed by atoms with E-state index in [0.29, 0.717) is 0 Å². The number of hydrogen-bond acceptors (Lipinski definition) is 4. The molecule has 0 heterocycles. The average molecular weight is 336 g/mol. The predicted molar refractivity (Wildman–Crippen MR) is 92.6 cm³/mol. The topological polar surface area (TPSA) is 87.0 Å². The second-order valence-electron chi connectivity index (χ2n) is 6.24. The molecule has 25 heavy (non-hydrogen) atoms. The lowest BCUT2D eigenvalue weighted by molar-refractivity contribution is -0.128. The van der Waals surface area contributed by atoms with Crippen molar-refractivity contribution in [2.24, 2.45) is 5.92 Å². The molecule has 128 valence electrons. The Bertz CT molecular complexity index is 814. The van der Waals surface area contributed by atoms with E-state index in [1.807, 2.05) is 32.0 Å². The van der Waals surface area contributed by atoms with Gasteiger partial charge in [-0.2, -0.15) is 5.26 Å². The number of amides is 1.